The van der Waals surface area contributed by atoms with Crippen LogP contribution < -0.4 is 5.32 Å². The highest BCUT2D eigenvalue weighted by atomic mass is 16.3. The number of nitrogens with one attached hydrogen (secondary N) is 1. The molecule has 1 aliphatic carbocycles. The van der Waals surface area contributed by atoms with Crippen LogP contribution in [0.25, 0.3) is 0 Å². The SMILES string of the molecule is CCNC1CCCC1CN(CC)Cc1ccco1. The van der Waals surface area contributed by atoms with Gasteiger partial charge in [-0.15, -0.1) is 0 Å². The normalized spacial score (nSPS) is 23.9. The van der Waals surface area contributed by atoms with E-state index in [1.54, 1.807) is 6.26 Å². The Morgan fingerprint density at radius 2 is 2.28 bits per heavy atom. The molecule has 1 N–H and O–H groups in total. The molecule has 1 saturated carbocycles. The fourth-order valence-corrected chi connectivity index (χ4v) is 3.05. The van der Waals surface area contributed by atoms with Crippen molar-refractivity contribution in [2.24, 2.45) is 5.92 Å². The third-order valence-corrected chi connectivity index (χ3v) is 4.02. The largest absolute Gasteiger partial charge is 0.468 e. The minimum atomic E-state index is 0.723. The molecule has 1 fully saturated rings. The molecule has 1 aromatic rings. The van der Waals surface area contributed by atoms with Crippen molar-refractivity contribution in [1.82, 2.24) is 10.2 Å². The zero-order chi connectivity index (χ0) is 12.8. The maximum absolute atomic E-state index is 5.45. The molecular weight excluding hydrogens is 224 g/mol. The summed E-state index contributed by atoms with van der Waals surface area (Å²) in [5.41, 5.74) is 0. The molecule has 0 radical (unpaired) electrons. The van der Waals surface area contributed by atoms with E-state index in [0.717, 1.165) is 37.4 Å². The Kier molecular flexibility index (Phi) is 5.26. The molecule has 2 unspecified atom stereocenters. The van der Waals surface area contributed by atoms with Crippen LogP contribution in [-0.2, 0) is 6.54 Å². The number of furan rings is 1. The third-order valence-electron chi connectivity index (χ3n) is 4.02. The standard InChI is InChI=1S/C15H26N2O/c1-3-16-15-9-5-7-13(15)11-17(4-2)12-14-8-6-10-18-14/h6,8,10,13,15-16H,3-5,7,9,11-12H2,1-2H3. The molecule has 0 aromatic carbocycles. The summed E-state index contributed by atoms with van der Waals surface area (Å²) in [7, 11) is 0. The van der Waals surface area contributed by atoms with Gasteiger partial charge in [-0.25, -0.2) is 0 Å². The summed E-state index contributed by atoms with van der Waals surface area (Å²) in [5.74, 6) is 1.88. The minimum absolute atomic E-state index is 0.723. The highest BCUT2D eigenvalue weighted by molar-refractivity contribution is 4.98. The van der Waals surface area contributed by atoms with E-state index in [0.29, 0.717) is 0 Å². The average Bonchev–Trinajstić information content (AvgIpc) is 3.01. The summed E-state index contributed by atoms with van der Waals surface area (Å²) < 4.78 is 5.45. The first-order valence-electron chi connectivity index (χ1n) is 7.31. The number of rotatable bonds is 7. The van der Waals surface area contributed by atoms with Crippen LogP contribution in [-0.4, -0.2) is 30.6 Å². The van der Waals surface area contributed by atoms with Gasteiger partial charge < -0.3 is 9.73 Å². The molecule has 0 aliphatic heterocycles. The lowest BCUT2D eigenvalue weighted by Gasteiger charge is -2.27. The molecule has 0 bridgehead atoms. The second kappa shape index (κ2) is 6.95. The van der Waals surface area contributed by atoms with Crippen molar-refractivity contribution in [2.75, 3.05) is 19.6 Å². The average molecular weight is 250 g/mol. The Hall–Kier alpha value is -0.800. The van der Waals surface area contributed by atoms with Crippen LogP contribution in [0.4, 0.5) is 0 Å². The molecule has 1 aliphatic rings. The minimum Gasteiger partial charge on any atom is -0.468 e. The van der Waals surface area contributed by atoms with Gasteiger partial charge in [0.05, 0.1) is 12.8 Å². The Labute approximate surface area is 111 Å². The van der Waals surface area contributed by atoms with Crippen molar-refractivity contribution in [1.29, 1.82) is 0 Å². The third kappa shape index (κ3) is 3.59. The molecular formula is C15H26N2O. The van der Waals surface area contributed by atoms with Gasteiger partial charge in [0.15, 0.2) is 0 Å². The van der Waals surface area contributed by atoms with Crippen molar-refractivity contribution in [3.63, 3.8) is 0 Å². The zero-order valence-corrected chi connectivity index (χ0v) is 11.7. The van der Waals surface area contributed by atoms with Gasteiger partial charge in [-0.1, -0.05) is 20.3 Å². The molecule has 1 aromatic heterocycles. The number of hydrogen-bond donors (Lipinski definition) is 1. The van der Waals surface area contributed by atoms with Gasteiger partial charge in [0.1, 0.15) is 5.76 Å². The summed E-state index contributed by atoms with van der Waals surface area (Å²) in [5, 5.41) is 3.63. The summed E-state index contributed by atoms with van der Waals surface area (Å²) in [6.45, 7) is 8.76. The van der Waals surface area contributed by atoms with Crippen LogP contribution in [0, 0.1) is 5.92 Å². The quantitative estimate of drug-likeness (QED) is 0.806. The van der Waals surface area contributed by atoms with E-state index >= 15 is 0 Å². The molecule has 0 spiro atoms. The van der Waals surface area contributed by atoms with Crippen molar-refractivity contribution in [3.8, 4) is 0 Å². The zero-order valence-electron chi connectivity index (χ0n) is 11.7. The van der Waals surface area contributed by atoms with Gasteiger partial charge in [-0.05, 0) is 44.0 Å². The summed E-state index contributed by atoms with van der Waals surface area (Å²) in [6, 6.07) is 4.76. The smallest absolute Gasteiger partial charge is 0.117 e. The van der Waals surface area contributed by atoms with Crippen LogP contribution in [0.1, 0.15) is 38.9 Å². The predicted octanol–water partition coefficient (Wildman–Crippen LogP) is 2.88. The maximum Gasteiger partial charge on any atom is 0.117 e. The second-order valence-electron chi connectivity index (χ2n) is 5.26. The van der Waals surface area contributed by atoms with Crippen molar-refractivity contribution in [2.45, 2.75) is 45.7 Å². The summed E-state index contributed by atoms with van der Waals surface area (Å²) in [4.78, 5) is 2.50. The van der Waals surface area contributed by atoms with Gasteiger partial charge in [-0.3, -0.25) is 4.90 Å². The van der Waals surface area contributed by atoms with Crippen LogP contribution in [0.2, 0.25) is 0 Å². The second-order valence-corrected chi connectivity index (χ2v) is 5.26. The molecule has 3 heteroatoms. The van der Waals surface area contributed by atoms with Gasteiger partial charge in [0, 0.05) is 12.6 Å². The Balaban J connectivity index is 1.85. The number of hydrogen-bond acceptors (Lipinski definition) is 3. The Morgan fingerprint density at radius 3 is 2.94 bits per heavy atom. The first-order valence-corrected chi connectivity index (χ1v) is 7.31. The molecule has 18 heavy (non-hydrogen) atoms. The molecule has 0 amide bonds. The lowest BCUT2D eigenvalue weighted by molar-refractivity contribution is 0.202. The van der Waals surface area contributed by atoms with Gasteiger partial charge >= 0.3 is 0 Å². The lowest BCUT2D eigenvalue weighted by Crippen LogP contribution is -2.39. The van der Waals surface area contributed by atoms with E-state index in [9.17, 15) is 0 Å². The van der Waals surface area contributed by atoms with Crippen molar-refractivity contribution >= 4 is 0 Å². The monoisotopic (exact) mass is 250 g/mol. The predicted molar refractivity (Wildman–Crippen MR) is 74.5 cm³/mol. The van der Waals surface area contributed by atoms with Crippen LogP contribution in [0.15, 0.2) is 22.8 Å². The lowest BCUT2D eigenvalue weighted by atomic mass is 10.0. The molecule has 102 valence electrons. The highest BCUT2D eigenvalue weighted by Crippen LogP contribution is 2.26. The van der Waals surface area contributed by atoms with E-state index in [-0.39, 0.29) is 0 Å². The van der Waals surface area contributed by atoms with Crippen molar-refractivity contribution < 1.29 is 4.42 Å². The van der Waals surface area contributed by atoms with Crippen molar-refractivity contribution in [3.05, 3.63) is 24.2 Å². The fourth-order valence-electron chi connectivity index (χ4n) is 3.05. The van der Waals surface area contributed by atoms with Crippen LogP contribution in [0.5, 0.6) is 0 Å². The van der Waals surface area contributed by atoms with Gasteiger partial charge in [0.25, 0.3) is 0 Å². The number of nitrogens with zero attached hydrogens (tertiary/aromatic N) is 1. The Morgan fingerprint density at radius 1 is 1.39 bits per heavy atom. The van der Waals surface area contributed by atoms with E-state index in [2.05, 4.69) is 30.1 Å². The molecule has 1 heterocycles. The van der Waals surface area contributed by atoms with E-state index in [1.165, 1.54) is 25.8 Å². The topological polar surface area (TPSA) is 28.4 Å². The molecule has 3 nitrogen and oxygen atoms in total. The fraction of sp³-hybridized carbons (Fsp3) is 0.733. The Bertz CT molecular complexity index is 323. The van der Waals surface area contributed by atoms with Gasteiger partial charge in [0.2, 0.25) is 0 Å². The molecule has 2 rings (SSSR count). The highest BCUT2D eigenvalue weighted by Gasteiger charge is 2.27. The maximum atomic E-state index is 5.45. The van der Waals surface area contributed by atoms with Crippen LogP contribution in [0.3, 0.4) is 0 Å². The first kappa shape index (κ1) is 13.6. The summed E-state index contributed by atoms with van der Waals surface area (Å²) >= 11 is 0. The van der Waals surface area contributed by atoms with Gasteiger partial charge in [-0.2, -0.15) is 0 Å². The van der Waals surface area contributed by atoms with E-state index in [4.69, 9.17) is 4.42 Å². The van der Waals surface area contributed by atoms with E-state index in [1.807, 2.05) is 6.07 Å². The first-order chi connectivity index (χ1) is 8.83. The molecule has 0 saturated heterocycles. The van der Waals surface area contributed by atoms with Crippen LogP contribution >= 0.6 is 0 Å². The molecule has 2 atom stereocenters. The van der Waals surface area contributed by atoms with E-state index < -0.39 is 0 Å². The summed E-state index contributed by atoms with van der Waals surface area (Å²) in [6.07, 6.45) is 5.85.